The van der Waals surface area contributed by atoms with Gasteiger partial charge in [0.15, 0.2) is 11.5 Å². The lowest BCUT2D eigenvalue weighted by Crippen LogP contribution is -2.17. The van der Waals surface area contributed by atoms with Gasteiger partial charge in [-0.15, -0.1) is 0 Å². The molecule has 2 aromatic carbocycles. The van der Waals surface area contributed by atoms with Gasteiger partial charge < -0.3 is 35.2 Å². The Kier molecular flexibility index (Phi) is 5.28. The molecule has 1 aliphatic heterocycles. The standard InChI is InChI=1S/C23H22N4O5/c1-28-12-5-6-13-15(9-12)32-23-19(20(25)14(10-24)22(26)27-23)18(13)11-7-16(29-2)21(31-4)17(8-11)30-3/h5-9,18H,1-4H3,(H4,25,26,27)/t18-/m1/s1. The molecule has 3 aromatic rings. The number of anilines is 2. The highest BCUT2D eigenvalue weighted by Crippen LogP contribution is 2.53. The van der Waals surface area contributed by atoms with Crippen LogP contribution in [0.15, 0.2) is 30.3 Å². The lowest BCUT2D eigenvalue weighted by atomic mass is 9.82. The average molecular weight is 434 g/mol. The number of methoxy groups -OCH3 is 4. The lowest BCUT2D eigenvalue weighted by Gasteiger charge is -2.30. The van der Waals surface area contributed by atoms with E-state index >= 15 is 0 Å². The Morgan fingerprint density at radius 1 is 0.969 bits per heavy atom. The van der Waals surface area contributed by atoms with Gasteiger partial charge in [0.2, 0.25) is 11.6 Å². The number of hydrogen-bond donors (Lipinski definition) is 2. The molecule has 0 amide bonds. The van der Waals surface area contributed by atoms with Crippen molar-refractivity contribution in [2.75, 3.05) is 39.9 Å². The molecule has 9 nitrogen and oxygen atoms in total. The second kappa shape index (κ2) is 8.07. The number of hydrogen-bond acceptors (Lipinski definition) is 9. The van der Waals surface area contributed by atoms with Gasteiger partial charge in [-0.1, -0.05) is 6.07 Å². The van der Waals surface area contributed by atoms with Crippen molar-refractivity contribution in [2.24, 2.45) is 0 Å². The molecule has 164 valence electrons. The zero-order valence-electron chi connectivity index (χ0n) is 18.1. The van der Waals surface area contributed by atoms with E-state index in [9.17, 15) is 5.26 Å². The van der Waals surface area contributed by atoms with Crippen molar-refractivity contribution < 1.29 is 23.7 Å². The number of nitrogen functional groups attached to an aromatic ring is 2. The van der Waals surface area contributed by atoms with Gasteiger partial charge in [0.05, 0.1) is 39.7 Å². The van der Waals surface area contributed by atoms with Crippen LogP contribution in [0.4, 0.5) is 11.5 Å². The second-order valence-corrected chi connectivity index (χ2v) is 7.01. The number of aromatic nitrogens is 1. The Morgan fingerprint density at radius 2 is 1.66 bits per heavy atom. The third-order valence-electron chi connectivity index (χ3n) is 5.43. The highest BCUT2D eigenvalue weighted by Gasteiger charge is 2.35. The maximum atomic E-state index is 9.59. The number of nitrogens with two attached hydrogens (primary N) is 2. The van der Waals surface area contributed by atoms with Crippen molar-refractivity contribution >= 4 is 11.5 Å². The largest absolute Gasteiger partial charge is 0.497 e. The fourth-order valence-electron chi connectivity index (χ4n) is 3.93. The number of ether oxygens (including phenoxy) is 5. The van der Waals surface area contributed by atoms with Crippen LogP contribution < -0.4 is 35.2 Å². The first-order valence-electron chi connectivity index (χ1n) is 9.61. The van der Waals surface area contributed by atoms with Gasteiger partial charge in [0, 0.05) is 17.5 Å². The van der Waals surface area contributed by atoms with Gasteiger partial charge in [-0.2, -0.15) is 10.2 Å². The van der Waals surface area contributed by atoms with Crippen LogP contribution in [0.3, 0.4) is 0 Å². The molecule has 9 heteroatoms. The van der Waals surface area contributed by atoms with Crippen LogP contribution in [-0.2, 0) is 0 Å². The molecule has 1 atom stereocenters. The topological polar surface area (TPSA) is 135 Å². The number of nitriles is 1. The van der Waals surface area contributed by atoms with Crippen LogP contribution in [0.5, 0.6) is 34.6 Å². The van der Waals surface area contributed by atoms with E-state index in [1.807, 2.05) is 30.3 Å². The third-order valence-corrected chi connectivity index (χ3v) is 5.43. The minimum atomic E-state index is -0.450. The summed E-state index contributed by atoms with van der Waals surface area (Å²) in [5.74, 6) is 2.34. The Morgan fingerprint density at radius 3 is 2.22 bits per heavy atom. The van der Waals surface area contributed by atoms with Crippen LogP contribution in [0.2, 0.25) is 0 Å². The van der Waals surface area contributed by atoms with Crippen LogP contribution in [0, 0.1) is 11.3 Å². The minimum Gasteiger partial charge on any atom is -0.497 e. The predicted octanol–water partition coefficient (Wildman–Crippen LogP) is 3.44. The molecular weight excluding hydrogens is 412 g/mol. The molecule has 1 aromatic heterocycles. The van der Waals surface area contributed by atoms with Crippen molar-refractivity contribution in [3.63, 3.8) is 0 Å². The van der Waals surface area contributed by atoms with E-state index in [1.54, 1.807) is 27.4 Å². The van der Waals surface area contributed by atoms with Crippen LogP contribution in [0.1, 0.15) is 28.2 Å². The molecule has 0 radical (unpaired) electrons. The van der Waals surface area contributed by atoms with E-state index in [1.165, 1.54) is 7.11 Å². The monoisotopic (exact) mass is 434 g/mol. The molecule has 32 heavy (non-hydrogen) atoms. The van der Waals surface area contributed by atoms with Crippen LogP contribution in [-0.4, -0.2) is 33.4 Å². The summed E-state index contributed by atoms with van der Waals surface area (Å²) in [7, 11) is 6.20. The van der Waals surface area contributed by atoms with Crippen LogP contribution in [0.25, 0.3) is 0 Å². The number of benzene rings is 2. The highest BCUT2D eigenvalue weighted by atomic mass is 16.5. The van der Waals surface area contributed by atoms with Crippen molar-refractivity contribution in [3.05, 3.63) is 52.6 Å². The summed E-state index contributed by atoms with van der Waals surface area (Å²) in [6, 6.07) is 11.2. The fraction of sp³-hybridized carbons (Fsp3) is 0.217. The molecule has 0 unspecified atom stereocenters. The van der Waals surface area contributed by atoms with Gasteiger partial charge in [0.25, 0.3) is 0 Å². The molecule has 0 bridgehead atoms. The van der Waals surface area contributed by atoms with E-state index in [0.29, 0.717) is 34.3 Å². The normalized spacial score (nSPS) is 13.8. The zero-order valence-corrected chi connectivity index (χ0v) is 18.1. The molecule has 2 heterocycles. The Balaban J connectivity index is 2.06. The maximum Gasteiger partial charge on any atom is 0.227 e. The first-order chi connectivity index (χ1) is 15.5. The van der Waals surface area contributed by atoms with E-state index < -0.39 is 5.92 Å². The van der Waals surface area contributed by atoms with Crippen LogP contribution >= 0.6 is 0 Å². The van der Waals surface area contributed by atoms with Gasteiger partial charge in [-0.3, -0.25) is 0 Å². The Hall–Kier alpha value is -4.32. The molecule has 0 fully saturated rings. The number of nitrogens with zero attached hydrogens (tertiary/aromatic N) is 2. The van der Waals surface area contributed by atoms with Crippen molar-refractivity contribution in [1.29, 1.82) is 5.26 Å². The van der Waals surface area contributed by atoms with E-state index in [0.717, 1.165) is 11.1 Å². The summed E-state index contributed by atoms with van der Waals surface area (Å²) in [5, 5.41) is 9.59. The molecule has 4 rings (SSSR count). The van der Waals surface area contributed by atoms with Crippen molar-refractivity contribution in [2.45, 2.75) is 5.92 Å². The second-order valence-electron chi connectivity index (χ2n) is 7.01. The predicted molar refractivity (Wildman–Crippen MR) is 118 cm³/mol. The van der Waals surface area contributed by atoms with E-state index in [2.05, 4.69) is 4.98 Å². The Labute approximate surface area is 185 Å². The molecular formula is C23H22N4O5. The summed E-state index contributed by atoms with van der Waals surface area (Å²) in [5.41, 5.74) is 14.8. The van der Waals surface area contributed by atoms with Gasteiger partial charge in [0.1, 0.15) is 28.9 Å². The smallest absolute Gasteiger partial charge is 0.227 e. The maximum absolute atomic E-state index is 9.59. The summed E-state index contributed by atoms with van der Waals surface area (Å²) >= 11 is 0. The first kappa shape index (κ1) is 20.9. The summed E-state index contributed by atoms with van der Waals surface area (Å²) < 4.78 is 27.9. The third kappa shape index (κ3) is 3.13. The molecule has 0 aliphatic carbocycles. The number of pyridine rings is 1. The quantitative estimate of drug-likeness (QED) is 0.484. The van der Waals surface area contributed by atoms with E-state index in [4.69, 9.17) is 35.2 Å². The molecule has 0 saturated heterocycles. The summed E-state index contributed by atoms with van der Waals surface area (Å²) in [4.78, 5) is 4.32. The highest BCUT2D eigenvalue weighted by molar-refractivity contribution is 5.76. The molecule has 1 aliphatic rings. The lowest BCUT2D eigenvalue weighted by molar-refractivity contribution is 0.323. The van der Waals surface area contributed by atoms with Crippen molar-refractivity contribution in [1.82, 2.24) is 4.98 Å². The van der Waals surface area contributed by atoms with E-state index in [-0.39, 0.29) is 22.9 Å². The minimum absolute atomic E-state index is 0.00117. The summed E-state index contributed by atoms with van der Waals surface area (Å²) in [6.07, 6.45) is 0. The fourth-order valence-corrected chi connectivity index (χ4v) is 3.93. The van der Waals surface area contributed by atoms with Gasteiger partial charge in [-0.05, 0) is 23.8 Å². The SMILES string of the molecule is COc1ccc2c(c1)Oc1nc(N)c(C#N)c(N)c1[C@@H]2c1cc(OC)c(OC)c(OC)c1. The van der Waals surface area contributed by atoms with Gasteiger partial charge >= 0.3 is 0 Å². The first-order valence-corrected chi connectivity index (χ1v) is 9.61. The van der Waals surface area contributed by atoms with Gasteiger partial charge in [-0.25, -0.2) is 0 Å². The van der Waals surface area contributed by atoms with Crippen molar-refractivity contribution in [3.8, 4) is 40.7 Å². The number of rotatable bonds is 5. The Bertz CT molecular complexity index is 1230. The molecule has 0 saturated carbocycles. The number of fused-ring (bicyclic) bond motifs is 2. The summed E-state index contributed by atoms with van der Waals surface area (Å²) in [6.45, 7) is 0. The zero-order chi connectivity index (χ0) is 23.0. The molecule has 0 spiro atoms. The molecule has 4 N–H and O–H groups in total. The average Bonchev–Trinajstić information content (AvgIpc) is 2.81.